The Morgan fingerprint density at radius 2 is 1.94 bits per heavy atom. The zero-order valence-corrected chi connectivity index (χ0v) is 11.6. The summed E-state index contributed by atoms with van der Waals surface area (Å²) in [6, 6.07) is 8.57. The molecule has 0 spiro atoms. The van der Waals surface area contributed by atoms with Crippen molar-refractivity contribution in [2.75, 3.05) is 5.75 Å². The van der Waals surface area contributed by atoms with Crippen LogP contribution in [0.4, 0.5) is 0 Å². The maximum absolute atomic E-state index is 4.07. The third-order valence-corrected chi connectivity index (χ3v) is 3.17. The molecule has 92 valence electrons. The monoisotopic (exact) mass is 248 g/mol. The van der Waals surface area contributed by atoms with Crippen molar-refractivity contribution in [2.45, 2.75) is 27.2 Å². The first-order chi connectivity index (χ1) is 8.17. The van der Waals surface area contributed by atoms with Crippen LogP contribution in [0.1, 0.15) is 31.9 Å². The van der Waals surface area contributed by atoms with Gasteiger partial charge in [-0.1, -0.05) is 45.0 Å². The van der Waals surface area contributed by atoms with Crippen LogP contribution in [0.3, 0.4) is 0 Å². The predicted octanol–water partition coefficient (Wildman–Crippen LogP) is 4.00. The Labute approximate surface area is 108 Å². The molecular formula is C14H20N2S. The minimum atomic E-state index is 0.689. The topological polar surface area (TPSA) is 24.7 Å². The van der Waals surface area contributed by atoms with Crippen LogP contribution in [-0.2, 0) is 6.42 Å². The number of rotatable bonds is 5. The highest BCUT2D eigenvalue weighted by atomic mass is 32.2. The van der Waals surface area contributed by atoms with Gasteiger partial charge in [-0.3, -0.25) is 0 Å². The molecule has 0 aromatic heterocycles. The Hall–Kier alpha value is -1.09. The first-order valence-corrected chi connectivity index (χ1v) is 6.91. The maximum Gasteiger partial charge on any atom is 0.126 e. The maximum atomic E-state index is 4.07. The first-order valence-electron chi connectivity index (χ1n) is 5.93. The predicted molar refractivity (Wildman–Crippen MR) is 79.2 cm³/mol. The van der Waals surface area contributed by atoms with Crippen LogP contribution in [0.15, 0.2) is 34.5 Å². The van der Waals surface area contributed by atoms with Crippen LogP contribution >= 0.6 is 11.8 Å². The van der Waals surface area contributed by atoms with Crippen molar-refractivity contribution in [1.82, 2.24) is 0 Å². The fraction of sp³-hybridized carbons (Fsp3) is 0.429. The summed E-state index contributed by atoms with van der Waals surface area (Å²) in [6.07, 6.45) is 1.12. The van der Waals surface area contributed by atoms with Crippen LogP contribution < -0.4 is 0 Å². The summed E-state index contributed by atoms with van der Waals surface area (Å²) >= 11 is 1.69. The van der Waals surface area contributed by atoms with Crippen molar-refractivity contribution in [3.8, 4) is 0 Å². The molecule has 0 heterocycles. The molecule has 0 fully saturated rings. The molecule has 0 radical (unpaired) electrons. The average molecular weight is 248 g/mol. The van der Waals surface area contributed by atoms with E-state index in [1.165, 1.54) is 5.56 Å². The third kappa shape index (κ3) is 4.73. The Morgan fingerprint density at radius 3 is 2.41 bits per heavy atom. The molecule has 2 nitrogen and oxygen atoms in total. The molecule has 0 N–H and O–H groups in total. The quantitative estimate of drug-likeness (QED) is 0.439. The molecule has 1 aromatic carbocycles. The highest BCUT2D eigenvalue weighted by Crippen LogP contribution is 2.16. The van der Waals surface area contributed by atoms with Crippen molar-refractivity contribution in [3.05, 3.63) is 35.4 Å². The van der Waals surface area contributed by atoms with Crippen molar-refractivity contribution in [1.29, 1.82) is 0 Å². The molecule has 0 aliphatic heterocycles. The van der Waals surface area contributed by atoms with Gasteiger partial charge in [-0.25, -0.2) is 0 Å². The second-order valence-electron chi connectivity index (χ2n) is 4.27. The van der Waals surface area contributed by atoms with E-state index in [9.17, 15) is 0 Å². The first kappa shape index (κ1) is 14.0. The van der Waals surface area contributed by atoms with Gasteiger partial charge in [0.15, 0.2) is 0 Å². The van der Waals surface area contributed by atoms with Gasteiger partial charge >= 0.3 is 0 Å². The van der Waals surface area contributed by atoms with Gasteiger partial charge in [-0.05, 0) is 23.7 Å². The van der Waals surface area contributed by atoms with Crippen LogP contribution in [0.2, 0.25) is 0 Å². The van der Waals surface area contributed by atoms with Gasteiger partial charge < -0.3 is 0 Å². The summed E-state index contributed by atoms with van der Waals surface area (Å²) < 4.78 is 0. The van der Waals surface area contributed by atoms with E-state index in [1.807, 2.05) is 0 Å². The van der Waals surface area contributed by atoms with Gasteiger partial charge in [-0.15, -0.1) is 16.9 Å². The van der Waals surface area contributed by atoms with E-state index in [1.54, 1.807) is 11.8 Å². The standard InChI is InChI=1S/C14H20N2S/c1-5-17-14(16-15-4)13-8-6-12(7-9-13)10-11(2)3/h6-9,11H,4-5,10H2,1-3H3/b16-14-. The van der Waals surface area contributed by atoms with Crippen LogP contribution in [-0.4, -0.2) is 17.5 Å². The molecule has 0 atom stereocenters. The molecule has 0 amide bonds. The molecule has 1 rings (SSSR count). The van der Waals surface area contributed by atoms with E-state index in [-0.39, 0.29) is 0 Å². The lowest BCUT2D eigenvalue weighted by molar-refractivity contribution is 0.647. The highest BCUT2D eigenvalue weighted by molar-refractivity contribution is 8.14. The van der Waals surface area contributed by atoms with Gasteiger partial charge in [0.2, 0.25) is 0 Å². The van der Waals surface area contributed by atoms with Gasteiger partial charge in [0.25, 0.3) is 0 Å². The lowest BCUT2D eigenvalue weighted by Crippen LogP contribution is -1.98. The number of nitrogens with zero attached hydrogens (tertiary/aromatic N) is 2. The van der Waals surface area contributed by atoms with Gasteiger partial charge in [0, 0.05) is 12.3 Å². The summed E-state index contributed by atoms with van der Waals surface area (Å²) in [5, 5.41) is 8.63. The molecule has 0 aliphatic carbocycles. The van der Waals surface area contributed by atoms with E-state index in [0.29, 0.717) is 5.92 Å². The smallest absolute Gasteiger partial charge is 0.126 e. The Balaban J connectivity index is 2.84. The summed E-state index contributed by atoms with van der Waals surface area (Å²) in [5.41, 5.74) is 2.49. The molecule has 0 unspecified atom stereocenters. The van der Waals surface area contributed by atoms with Gasteiger partial charge in [-0.2, -0.15) is 5.10 Å². The van der Waals surface area contributed by atoms with Gasteiger partial charge in [0.05, 0.1) is 0 Å². The normalized spacial score (nSPS) is 11.9. The van der Waals surface area contributed by atoms with Crippen LogP contribution in [0.25, 0.3) is 0 Å². The second-order valence-corrected chi connectivity index (χ2v) is 5.53. The molecule has 17 heavy (non-hydrogen) atoms. The van der Waals surface area contributed by atoms with E-state index in [0.717, 1.165) is 22.8 Å². The van der Waals surface area contributed by atoms with E-state index >= 15 is 0 Å². The Kier molecular flexibility index (Phi) is 5.98. The average Bonchev–Trinajstić information content (AvgIpc) is 2.29. The summed E-state index contributed by atoms with van der Waals surface area (Å²) in [5.74, 6) is 1.68. The Bertz CT molecular complexity index is 380. The minimum Gasteiger partial charge on any atom is -0.166 e. The van der Waals surface area contributed by atoms with Crippen molar-refractivity contribution in [2.24, 2.45) is 16.1 Å². The number of hydrogen-bond acceptors (Lipinski definition) is 3. The molecule has 0 bridgehead atoms. The Morgan fingerprint density at radius 1 is 1.29 bits per heavy atom. The fourth-order valence-electron chi connectivity index (χ4n) is 1.63. The minimum absolute atomic E-state index is 0.689. The van der Waals surface area contributed by atoms with Crippen molar-refractivity contribution in [3.63, 3.8) is 0 Å². The lowest BCUT2D eigenvalue weighted by Gasteiger charge is -2.07. The number of hydrogen-bond donors (Lipinski definition) is 0. The van der Waals surface area contributed by atoms with Crippen molar-refractivity contribution < 1.29 is 0 Å². The van der Waals surface area contributed by atoms with Gasteiger partial charge in [0.1, 0.15) is 5.04 Å². The molecule has 1 aromatic rings. The molecule has 0 aliphatic rings. The largest absolute Gasteiger partial charge is 0.166 e. The molecule has 0 saturated carbocycles. The van der Waals surface area contributed by atoms with Crippen molar-refractivity contribution >= 4 is 23.5 Å². The molecule has 0 saturated heterocycles. The summed E-state index contributed by atoms with van der Waals surface area (Å²) in [6.45, 7) is 9.98. The van der Waals surface area contributed by atoms with Crippen LogP contribution in [0, 0.1) is 5.92 Å². The number of benzene rings is 1. The zero-order chi connectivity index (χ0) is 12.7. The van der Waals surface area contributed by atoms with E-state index < -0.39 is 0 Å². The zero-order valence-electron chi connectivity index (χ0n) is 10.8. The number of thioether (sulfide) groups is 1. The third-order valence-electron chi connectivity index (χ3n) is 2.29. The van der Waals surface area contributed by atoms with E-state index in [2.05, 4.69) is 62.0 Å². The SMILES string of the molecule is C=N/N=C(\SCC)c1ccc(CC(C)C)cc1. The lowest BCUT2D eigenvalue weighted by atomic mass is 10.0. The molecular weight excluding hydrogens is 228 g/mol. The van der Waals surface area contributed by atoms with Crippen LogP contribution in [0.5, 0.6) is 0 Å². The second kappa shape index (κ2) is 7.28. The molecule has 3 heteroatoms. The highest BCUT2D eigenvalue weighted by Gasteiger charge is 2.04. The van der Waals surface area contributed by atoms with E-state index in [4.69, 9.17) is 0 Å². The summed E-state index contributed by atoms with van der Waals surface area (Å²) in [4.78, 5) is 0. The summed E-state index contributed by atoms with van der Waals surface area (Å²) in [7, 11) is 0. The fourth-order valence-corrected chi connectivity index (χ4v) is 2.32.